The van der Waals surface area contributed by atoms with Gasteiger partial charge in [-0.1, -0.05) is 48.9 Å². The molecule has 0 radical (unpaired) electrons. The first kappa shape index (κ1) is 19.5. The molecule has 3 nitrogen and oxygen atoms in total. The molecule has 1 aromatic heterocycles. The Balaban J connectivity index is 2.06. The van der Waals surface area contributed by atoms with E-state index in [-0.39, 0.29) is 17.9 Å². The van der Waals surface area contributed by atoms with Gasteiger partial charge in [-0.25, -0.2) is 0 Å². The lowest BCUT2D eigenvalue weighted by Gasteiger charge is -2.19. The second kappa shape index (κ2) is 8.62. The van der Waals surface area contributed by atoms with Crippen molar-refractivity contribution in [2.45, 2.75) is 52.1 Å². The first-order valence-electron chi connectivity index (χ1n) is 9.66. The van der Waals surface area contributed by atoms with Gasteiger partial charge in [0, 0.05) is 47.0 Å². The molecule has 4 heteroatoms. The van der Waals surface area contributed by atoms with Crippen molar-refractivity contribution in [2.75, 3.05) is 0 Å². The number of aromatic nitrogens is 1. The van der Waals surface area contributed by atoms with Gasteiger partial charge in [-0.2, -0.15) is 0 Å². The number of carbonyl (C=O) groups is 1. The van der Waals surface area contributed by atoms with Crippen molar-refractivity contribution < 1.29 is 4.79 Å². The summed E-state index contributed by atoms with van der Waals surface area (Å²) in [6.45, 7) is 7.14. The highest BCUT2D eigenvalue weighted by molar-refractivity contribution is 6.30. The third kappa shape index (κ3) is 4.36. The topological polar surface area (TPSA) is 34.0 Å². The minimum absolute atomic E-state index is 0.0366. The van der Waals surface area contributed by atoms with Gasteiger partial charge in [0.2, 0.25) is 5.91 Å². The number of nitrogens with zero attached hydrogens (tertiary/aromatic N) is 1. The second-order valence-corrected chi connectivity index (χ2v) is 7.51. The van der Waals surface area contributed by atoms with Crippen molar-refractivity contribution in [2.24, 2.45) is 0 Å². The van der Waals surface area contributed by atoms with E-state index in [9.17, 15) is 4.79 Å². The number of halogens is 1. The van der Waals surface area contributed by atoms with Crippen LogP contribution in [-0.2, 0) is 11.3 Å². The fraction of sp³-hybridized carbons (Fsp3) is 0.348. The van der Waals surface area contributed by atoms with E-state index in [0.29, 0.717) is 11.4 Å². The van der Waals surface area contributed by atoms with E-state index in [1.165, 1.54) is 16.5 Å². The number of rotatable bonds is 7. The molecule has 3 aromatic rings. The molecular formula is C23H27ClN2O. The lowest BCUT2D eigenvalue weighted by Crippen LogP contribution is -2.33. The Morgan fingerprint density at radius 2 is 1.93 bits per heavy atom. The van der Waals surface area contributed by atoms with Crippen LogP contribution >= 0.6 is 11.6 Å². The van der Waals surface area contributed by atoms with E-state index in [0.717, 1.165) is 18.5 Å². The average Bonchev–Trinajstić information content (AvgIpc) is 3.04. The van der Waals surface area contributed by atoms with Gasteiger partial charge in [-0.05, 0) is 49.6 Å². The molecule has 2 aromatic carbocycles. The molecule has 1 N–H and O–H groups in total. The first-order valence-corrected chi connectivity index (χ1v) is 10.0. The van der Waals surface area contributed by atoms with Crippen LogP contribution in [0.5, 0.6) is 0 Å². The minimum Gasteiger partial charge on any atom is -0.354 e. The van der Waals surface area contributed by atoms with E-state index in [2.05, 4.69) is 60.3 Å². The summed E-state index contributed by atoms with van der Waals surface area (Å²) in [5, 5.41) is 4.99. The fourth-order valence-electron chi connectivity index (χ4n) is 3.57. The van der Waals surface area contributed by atoms with Gasteiger partial charge in [0.15, 0.2) is 0 Å². The number of aryl methyl sites for hydroxylation is 1. The van der Waals surface area contributed by atoms with Gasteiger partial charge >= 0.3 is 0 Å². The van der Waals surface area contributed by atoms with Gasteiger partial charge in [-0.3, -0.25) is 4.79 Å². The normalized spacial score (nSPS) is 13.5. The third-order valence-electron chi connectivity index (χ3n) is 5.20. The Morgan fingerprint density at radius 1 is 1.15 bits per heavy atom. The van der Waals surface area contributed by atoms with Crippen molar-refractivity contribution in [3.63, 3.8) is 0 Å². The van der Waals surface area contributed by atoms with Crippen LogP contribution < -0.4 is 5.32 Å². The minimum atomic E-state index is -0.0366. The predicted octanol–water partition coefficient (Wildman–Crippen LogP) is 5.75. The van der Waals surface area contributed by atoms with Crippen molar-refractivity contribution in [3.8, 4) is 0 Å². The molecule has 0 fully saturated rings. The molecular weight excluding hydrogens is 356 g/mol. The summed E-state index contributed by atoms with van der Waals surface area (Å²) in [6.07, 6.45) is 3.51. The number of hydrogen-bond acceptors (Lipinski definition) is 1. The number of benzene rings is 2. The molecule has 2 atom stereocenters. The molecule has 27 heavy (non-hydrogen) atoms. The summed E-state index contributed by atoms with van der Waals surface area (Å²) in [4.78, 5) is 12.7. The molecule has 1 heterocycles. The quantitative estimate of drug-likeness (QED) is 0.554. The molecule has 3 rings (SSSR count). The van der Waals surface area contributed by atoms with Gasteiger partial charge < -0.3 is 9.88 Å². The van der Waals surface area contributed by atoms with Gasteiger partial charge in [-0.15, -0.1) is 0 Å². The van der Waals surface area contributed by atoms with Crippen LogP contribution in [0.2, 0.25) is 5.02 Å². The van der Waals surface area contributed by atoms with Crippen LogP contribution in [0.4, 0.5) is 0 Å². The molecule has 142 valence electrons. The number of para-hydroxylation sites is 1. The zero-order valence-corrected chi connectivity index (χ0v) is 17.0. The zero-order chi connectivity index (χ0) is 19.4. The van der Waals surface area contributed by atoms with Crippen LogP contribution in [0, 0.1) is 0 Å². The molecule has 0 saturated heterocycles. The molecule has 0 spiro atoms. The van der Waals surface area contributed by atoms with Crippen molar-refractivity contribution in [1.29, 1.82) is 0 Å². The largest absolute Gasteiger partial charge is 0.354 e. The van der Waals surface area contributed by atoms with Crippen LogP contribution in [0.25, 0.3) is 10.9 Å². The van der Waals surface area contributed by atoms with E-state index >= 15 is 0 Å². The van der Waals surface area contributed by atoms with Crippen LogP contribution in [-0.4, -0.2) is 16.5 Å². The second-order valence-electron chi connectivity index (χ2n) is 7.08. The number of nitrogens with one attached hydrogen (secondary N) is 1. The van der Waals surface area contributed by atoms with Crippen molar-refractivity contribution in [1.82, 2.24) is 9.88 Å². The highest BCUT2D eigenvalue weighted by Crippen LogP contribution is 2.35. The Morgan fingerprint density at radius 3 is 2.63 bits per heavy atom. The SMILES string of the molecule is CC[C@@H](C)NC(=O)C[C@H](c1cccc(Cl)c1)c1cn(CC)c2ccccc12. The monoisotopic (exact) mass is 382 g/mol. The van der Waals surface area contributed by atoms with Gasteiger partial charge in [0.25, 0.3) is 0 Å². The zero-order valence-electron chi connectivity index (χ0n) is 16.2. The van der Waals surface area contributed by atoms with Crippen LogP contribution in [0.3, 0.4) is 0 Å². The summed E-state index contributed by atoms with van der Waals surface area (Å²) in [7, 11) is 0. The summed E-state index contributed by atoms with van der Waals surface area (Å²) in [5.41, 5.74) is 3.44. The highest BCUT2D eigenvalue weighted by atomic mass is 35.5. The van der Waals surface area contributed by atoms with Crippen molar-refractivity contribution in [3.05, 3.63) is 70.9 Å². The standard InChI is InChI=1S/C23H27ClN2O/c1-4-16(3)25-23(27)14-20(17-9-8-10-18(24)13-17)21-15-26(5-2)22-12-7-6-11-19(21)22/h6-13,15-16,20H,4-5,14H2,1-3H3,(H,25,27)/t16-,20-/m1/s1. The third-order valence-corrected chi connectivity index (χ3v) is 5.43. The molecule has 0 bridgehead atoms. The molecule has 1 amide bonds. The molecule has 0 aliphatic heterocycles. The van der Waals surface area contributed by atoms with E-state index < -0.39 is 0 Å². The van der Waals surface area contributed by atoms with E-state index in [1.807, 2.05) is 25.1 Å². The number of amides is 1. The predicted molar refractivity (Wildman–Crippen MR) is 113 cm³/mol. The van der Waals surface area contributed by atoms with Gasteiger partial charge in [0.05, 0.1) is 0 Å². The van der Waals surface area contributed by atoms with E-state index in [1.54, 1.807) is 0 Å². The lowest BCUT2D eigenvalue weighted by molar-refractivity contribution is -0.121. The fourth-order valence-corrected chi connectivity index (χ4v) is 3.77. The number of hydrogen-bond donors (Lipinski definition) is 1. The number of carbonyl (C=O) groups excluding carboxylic acids is 1. The smallest absolute Gasteiger partial charge is 0.221 e. The highest BCUT2D eigenvalue weighted by Gasteiger charge is 2.23. The maximum absolute atomic E-state index is 12.7. The van der Waals surface area contributed by atoms with E-state index in [4.69, 9.17) is 11.6 Å². The Bertz CT molecular complexity index is 931. The summed E-state index contributed by atoms with van der Waals surface area (Å²) >= 11 is 6.26. The first-order chi connectivity index (χ1) is 13.0. The molecule has 0 aliphatic rings. The molecule has 0 aliphatic carbocycles. The Hall–Kier alpha value is -2.26. The van der Waals surface area contributed by atoms with Gasteiger partial charge in [0.1, 0.15) is 0 Å². The van der Waals surface area contributed by atoms with Crippen molar-refractivity contribution >= 4 is 28.4 Å². The molecule has 0 unspecified atom stereocenters. The van der Waals surface area contributed by atoms with Crippen LogP contribution in [0.15, 0.2) is 54.7 Å². The Labute approximate surface area is 166 Å². The lowest BCUT2D eigenvalue weighted by atomic mass is 9.88. The maximum Gasteiger partial charge on any atom is 0.221 e. The maximum atomic E-state index is 12.7. The summed E-state index contributed by atoms with van der Waals surface area (Å²) in [6, 6.07) is 16.4. The summed E-state index contributed by atoms with van der Waals surface area (Å²) < 4.78 is 2.24. The number of fused-ring (bicyclic) bond motifs is 1. The molecule has 0 saturated carbocycles. The van der Waals surface area contributed by atoms with Crippen LogP contribution in [0.1, 0.15) is 50.7 Å². The average molecular weight is 383 g/mol. The Kier molecular flexibility index (Phi) is 6.22. The summed E-state index contributed by atoms with van der Waals surface area (Å²) in [5.74, 6) is 0.0353.